The molecule has 0 aromatic rings. The number of ether oxygens (including phenoxy) is 1. The Kier molecular flexibility index (Phi) is 9.43. The van der Waals surface area contributed by atoms with Gasteiger partial charge in [0, 0.05) is 18.9 Å². The number of rotatable bonds is 10. The first-order chi connectivity index (χ1) is 8.06. The summed E-state index contributed by atoms with van der Waals surface area (Å²) in [5.41, 5.74) is 0. The highest BCUT2D eigenvalue weighted by molar-refractivity contribution is 5.81. The molecule has 3 unspecified atom stereocenters. The Balaban J connectivity index is 4.15. The molecular formula is C15H30O2. The molecule has 2 heteroatoms. The molecule has 0 spiro atoms. The van der Waals surface area contributed by atoms with Gasteiger partial charge in [-0.2, -0.15) is 0 Å². The molecule has 0 rings (SSSR count). The quantitative estimate of drug-likeness (QED) is 0.577. The average molecular weight is 242 g/mol. The van der Waals surface area contributed by atoms with E-state index in [1.54, 1.807) is 0 Å². The molecule has 0 radical (unpaired) electrons. The Bertz CT molecular complexity index is 201. The Morgan fingerprint density at radius 3 is 2.18 bits per heavy atom. The second-order valence-electron chi connectivity index (χ2n) is 5.26. The van der Waals surface area contributed by atoms with Gasteiger partial charge in [0.2, 0.25) is 0 Å². The first-order valence-electron chi connectivity index (χ1n) is 7.17. The number of Topliss-reactive ketones (excluding diaryl/α,β-unsaturated/α-hetero) is 1. The number of hydrogen-bond acceptors (Lipinski definition) is 2. The fraction of sp³-hybridized carbons (Fsp3) is 0.933. The molecule has 0 aliphatic rings. The van der Waals surface area contributed by atoms with Gasteiger partial charge in [-0.3, -0.25) is 4.79 Å². The SMILES string of the molecule is CCCC(=O)C(COCC(C)CC)C(C)CC. The molecule has 0 aliphatic carbocycles. The zero-order valence-electron chi connectivity index (χ0n) is 12.3. The van der Waals surface area contributed by atoms with E-state index in [4.69, 9.17) is 4.74 Å². The smallest absolute Gasteiger partial charge is 0.138 e. The molecular weight excluding hydrogens is 212 g/mol. The molecule has 0 aliphatic heterocycles. The first kappa shape index (κ1) is 16.6. The lowest BCUT2D eigenvalue weighted by molar-refractivity contribution is -0.127. The highest BCUT2D eigenvalue weighted by atomic mass is 16.5. The Morgan fingerprint density at radius 1 is 1.06 bits per heavy atom. The van der Waals surface area contributed by atoms with Gasteiger partial charge in [0.05, 0.1) is 6.61 Å². The van der Waals surface area contributed by atoms with Crippen LogP contribution in [0.1, 0.15) is 60.3 Å². The van der Waals surface area contributed by atoms with Gasteiger partial charge >= 0.3 is 0 Å². The molecule has 0 aromatic heterocycles. The second kappa shape index (κ2) is 9.64. The molecule has 3 atom stereocenters. The molecule has 0 fully saturated rings. The Hall–Kier alpha value is -0.370. The van der Waals surface area contributed by atoms with Crippen LogP contribution in [0.25, 0.3) is 0 Å². The van der Waals surface area contributed by atoms with Gasteiger partial charge in [0.1, 0.15) is 5.78 Å². The molecule has 0 saturated carbocycles. The summed E-state index contributed by atoms with van der Waals surface area (Å²) < 4.78 is 5.72. The van der Waals surface area contributed by atoms with Crippen LogP contribution in [0, 0.1) is 17.8 Å². The van der Waals surface area contributed by atoms with E-state index >= 15 is 0 Å². The van der Waals surface area contributed by atoms with Crippen molar-refractivity contribution in [2.45, 2.75) is 60.3 Å². The van der Waals surface area contributed by atoms with Crippen LogP contribution in [0.4, 0.5) is 0 Å². The minimum atomic E-state index is 0.101. The van der Waals surface area contributed by atoms with Crippen molar-refractivity contribution >= 4 is 5.78 Å². The molecule has 102 valence electrons. The molecule has 0 amide bonds. The zero-order chi connectivity index (χ0) is 13.3. The van der Waals surface area contributed by atoms with Gasteiger partial charge in [-0.25, -0.2) is 0 Å². The van der Waals surface area contributed by atoms with E-state index in [-0.39, 0.29) is 5.92 Å². The monoisotopic (exact) mass is 242 g/mol. The van der Waals surface area contributed by atoms with Crippen molar-refractivity contribution in [1.29, 1.82) is 0 Å². The number of hydrogen-bond donors (Lipinski definition) is 0. The minimum absolute atomic E-state index is 0.101. The van der Waals surface area contributed by atoms with Crippen LogP contribution in [-0.2, 0) is 9.53 Å². The molecule has 2 nitrogen and oxygen atoms in total. The van der Waals surface area contributed by atoms with E-state index in [9.17, 15) is 4.79 Å². The zero-order valence-corrected chi connectivity index (χ0v) is 12.3. The first-order valence-corrected chi connectivity index (χ1v) is 7.17. The molecule has 0 aromatic carbocycles. The summed E-state index contributed by atoms with van der Waals surface area (Å²) in [4.78, 5) is 12.0. The van der Waals surface area contributed by atoms with Crippen LogP contribution >= 0.6 is 0 Å². The summed E-state index contributed by atoms with van der Waals surface area (Å²) in [6.45, 7) is 12.1. The third-order valence-corrected chi connectivity index (χ3v) is 3.64. The predicted octanol–water partition coefficient (Wildman–Crippen LogP) is 4.08. The standard InChI is InChI=1S/C15H30O2/c1-6-9-15(16)14(13(5)8-3)11-17-10-12(4)7-2/h12-14H,6-11H2,1-5H3. The van der Waals surface area contributed by atoms with Crippen molar-refractivity contribution in [3.8, 4) is 0 Å². The predicted molar refractivity (Wildman–Crippen MR) is 73.1 cm³/mol. The third kappa shape index (κ3) is 6.82. The second-order valence-corrected chi connectivity index (χ2v) is 5.26. The average Bonchev–Trinajstić information content (AvgIpc) is 2.33. The Morgan fingerprint density at radius 2 is 1.71 bits per heavy atom. The maximum Gasteiger partial charge on any atom is 0.138 e. The van der Waals surface area contributed by atoms with E-state index in [0.29, 0.717) is 30.6 Å². The maximum absolute atomic E-state index is 12.0. The summed E-state index contributed by atoms with van der Waals surface area (Å²) >= 11 is 0. The number of carbonyl (C=O) groups is 1. The molecule has 17 heavy (non-hydrogen) atoms. The van der Waals surface area contributed by atoms with Crippen molar-refractivity contribution in [2.24, 2.45) is 17.8 Å². The summed E-state index contributed by atoms with van der Waals surface area (Å²) in [7, 11) is 0. The topological polar surface area (TPSA) is 26.3 Å². The van der Waals surface area contributed by atoms with Gasteiger partial charge < -0.3 is 4.74 Å². The van der Waals surface area contributed by atoms with Crippen LogP contribution in [-0.4, -0.2) is 19.0 Å². The van der Waals surface area contributed by atoms with E-state index in [1.165, 1.54) is 0 Å². The van der Waals surface area contributed by atoms with Crippen molar-refractivity contribution in [2.75, 3.05) is 13.2 Å². The van der Waals surface area contributed by atoms with Crippen LogP contribution in [0.5, 0.6) is 0 Å². The molecule has 0 saturated heterocycles. The summed E-state index contributed by atoms with van der Waals surface area (Å²) in [6, 6.07) is 0. The largest absolute Gasteiger partial charge is 0.380 e. The highest BCUT2D eigenvalue weighted by Gasteiger charge is 2.23. The lowest BCUT2D eigenvalue weighted by Gasteiger charge is -2.22. The number of ketones is 1. The van der Waals surface area contributed by atoms with Crippen LogP contribution in [0.2, 0.25) is 0 Å². The third-order valence-electron chi connectivity index (χ3n) is 3.64. The fourth-order valence-electron chi connectivity index (χ4n) is 1.80. The highest BCUT2D eigenvalue weighted by Crippen LogP contribution is 2.19. The van der Waals surface area contributed by atoms with Gasteiger partial charge in [-0.1, -0.05) is 47.5 Å². The van der Waals surface area contributed by atoms with Gasteiger partial charge in [-0.15, -0.1) is 0 Å². The molecule has 0 bridgehead atoms. The summed E-state index contributed by atoms with van der Waals surface area (Å²) in [6.07, 6.45) is 3.82. The normalized spacial score (nSPS) is 16.5. The van der Waals surface area contributed by atoms with Gasteiger partial charge in [-0.05, 0) is 18.3 Å². The van der Waals surface area contributed by atoms with Crippen molar-refractivity contribution in [1.82, 2.24) is 0 Å². The Labute approximate surface area is 107 Å². The summed E-state index contributed by atoms with van der Waals surface area (Å²) in [5.74, 6) is 1.51. The van der Waals surface area contributed by atoms with Crippen molar-refractivity contribution in [3.63, 3.8) is 0 Å². The van der Waals surface area contributed by atoms with Crippen LogP contribution in [0.3, 0.4) is 0 Å². The molecule has 0 heterocycles. The van der Waals surface area contributed by atoms with Crippen LogP contribution < -0.4 is 0 Å². The van der Waals surface area contributed by atoms with Crippen LogP contribution in [0.15, 0.2) is 0 Å². The number of carbonyl (C=O) groups excluding carboxylic acids is 1. The van der Waals surface area contributed by atoms with E-state index in [2.05, 4.69) is 34.6 Å². The fourth-order valence-corrected chi connectivity index (χ4v) is 1.80. The molecule has 0 N–H and O–H groups in total. The van der Waals surface area contributed by atoms with E-state index in [0.717, 1.165) is 25.9 Å². The summed E-state index contributed by atoms with van der Waals surface area (Å²) in [5, 5.41) is 0. The maximum atomic E-state index is 12.0. The van der Waals surface area contributed by atoms with Gasteiger partial charge in [0.25, 0.3) is 0 Å². The lowest BCUT2D eigenvalue weighted by Crippen LogP contribution is -2.27. The van der Waals surface area contributed by atoms with Crippen molar-refractivity contribution < 1.29 is 9.53 Å². The van der Waals surface area contributed by atoms with E-state index < -0.39 is 0 Å². The van der Waals surface area contributed by atoms with E-state index in [1.807, 2.05) is 0 Å². The van der Waals surface area contributed by atoms with Crippen molar-refractivity contribution in [3.05, 3.63) is 0 Å². The lowest BCUT2D eigenvalue weighted by atomic mass is 9.87. The minimum Gasteiger partial charge on any atom is -0.380 e. The van der Waals surface area contributed by atoms with Gasteiger partial charge in [0.15, 0.2) is 0 Å².